The molecule has 2 aliphatic heterocycles. The molecule has 2 aromatic rings. The van der Waals surface area contributed by atoms with Crippen LogP contribution < -0.4 is 15.1 Å². The van der Waals surface area contributed by atoms with E-state index in [4.69, 9.17) is 0 Å². The smallest absolute Gasteiger partial charge is 0.224 e. The van der Waals surface area contributed by atoms with Crippen LogP contribution >= 0.6 is 0 Å². The minimum absolute atomic E-state index is 0.102. The number of nitrogens with one attached hydrogen (secondary N) is 1. The van der Waals surface area contributed by atoms with E-state index in [1.54, 1.807) is 0 Å². The van der Waals surface area contributed by atoms with Gasteiger partial charge in [-0.2, -0.15) is 0 Å². The predicted molar refractivity (Wildman–Crippen MR) is 125 cm³/mol. The first-order chi connectivity index (χ1) is 14.8. The number of nitrogens with zero attached hydrogens (tertiary/aromatic N) is 2. The second-order valence-corrected chi connectivity index (χ2v) is 8.71. The maximum absolute atomic E-state index is 12.3. The molecule has 160 valence electrons. The first-order valence-corrected chi connectivity index (χ1v) is 11.7. The predicted octanol–water partition coefficient (Wildman–Crippen LogP) is 4.57. The zero-order chi connectivity index (χ0) is 20.6. The van der Waals surface area contributed by atoms with E-state index in [0.29, 0.717) is 13.0 Å². The first kappa shape index (κ1) is 20.8. The quantitative estimate of drug-likeness (QED) is 0.733. The topological polar surface area (TPSA) is 35.6 Å². The summed E-state index contributed by atoms with van der Waals surface area (Å²) in [7, 11) is 0. The lowest BCUT2D eigenvalue weighted by molar-refractivity contribution is -0.120. The number of carbonyl (C=O) groups is 1. The van der Waals surface area contributed by atoms with Crippen LogP contribution in [-0.4, -0.2) is 38.6 Å². The van der Waals surface area contributed by atoms with Crippen molar-refractivity contribution >= 4 is 17.3 Å². The molecule has 4 rings (SSSR count). The zero-order valence-corrected chi connectivity index (χ0v) is 18.1. The number of benzene rings is 2. The third-order valence-electron chi connectivity index (χ3n) is 6.42. The first-order valence-electron chi connectivity index (χ1n) is 11.7. The number of hydrogen-bond acceptors (Lipinski definition) is 3. The molecule has 2 aliphatic rings. The van der Waals surface area contributed by atoms with Crippen LogP contribution in [0, 0.1) is 0 Å². The van der Waals surface area contributed by atoms with Gasteiger partial charge in [-0.1, -0.05) is 24.3 Å². The average Bonchev–Trinajstić information content (AvgIpc) is 2.81. The maximum atomic E-state index is 12.3. The largest absolute Gasteiger partial charge is 0.372 e. The van der Waals surface area contributed by atoms with E-state index in [-0.39, 0.29) is 5.91 Å². The lowest BCUT2D eigenvalue weighted by Crippen LogP contribution is -2.29. The Kier molecular flexibility index (Phi) is 7.28. The van der Waals surface area contributed by atoms with Gasteiger partial charge in [0.05, 0.1) is 6.42 Å². The van der Waals surface area contributed by atoms with E-state index in [0.717, 1.165) is 25.1 Å². The summed E-state index contributed by atoms with van der Waals surface area (Å²) in [4.78, 5) is 17.2. The number of hydrogen-bond donors (Lipinski definition) is 1. The van der Waals surface area contributed by atoms with Gasteiger partial charge in [0, 0.05) is 44.1 Å². The van der Waals surface area contributed by atoms with Crippen LogP contribution in [-0.2, 0) is 17.6 Å². The molecule has 4 heteroatoms. The summed E-state index contributed by atoms with van der Waals surface area (Å²) in [5.41, 5.74) is 4.98. The highest BCUT2D eigenvalue weighted by molar-refractivity contribution is 5.78. The highest BCUT2D eigenvalue weighted by atomic mass is 16.1. The number of rotatable bonds is 7. The number of carbonyl (C=O) groups excluding carboxylic acids is 1. The van der Waals surface area contributed by atoms with Crippen molar-refractivity contribution in [3.63, 3.8) is 0 Å². The van der Waals surface area contributed by atoms with Crippen molar-refractivity contribution in [1.82, 2.24) is 5.32 Å². The Morgan fingerprint density at radius 2 is 1.13 bits per heavy atom. The molecular weight excluding hydrogens is 370 g/mol. The highest BCUT2D eigenvalue weighted by Gasteiger charge is 2.12. The number of amides is 1. The van der Waals surface area contributed by atoms with Gasteiger partial charge < -0.3 is 15.1 Å². The number of anilines is 2. The van der Waals surface area contributed by atoms with Crippen molar-refractivity contribution in [3.8, 4) is 0 Å². The van der Waals surface area contributed by atoms with Crippen LogP contribution in [0.4, 0.5) is 11.4 Å². The molecule has 2 fully saturated rings. The van der Waals surface area contributed by atoms with Crippen molar-refractivity contribution in [2.24, 2.45) is 0 Å². The fraction of sp³-hybridized carbons (Fsp3) is 0.500. The lowest BCUT2D eigenvalue weighted by Gasteiger charge is -2.28. The molecular formula is C26H35N3O. The molecule has 2 saturated heterocycles. The van der Waals surface area contributed by atoms with Crippen molar-refractivity contribution in [2.75, 3.05) is 42.5 Å². The van der Waals surface area contributed by atoms with E-state index in [1.807, 2.05) is 0 Å². The summed E-state index contributed by atoms with van der Waals surface area (Å²) >= 11 is 0. The van der Waals surface area contributed by atoms with Gasteiger partial charge in [0.2, 0.25) is 5.91 Å². The lowest BCUT2D eigenvalue weighted by atomic mass is 10.1. The van der Waals surface area contributed by atoms with Gasteiger partial charge >= 0.3 is 0 Å². The Balaban J connectivity index is 1.19. The maximum Gasteiger partial charge on any atom is 0.224 e. The molecule has 1 amide bonds. The van der Waals surface area contributed by atoms with Gasteiger partial charge in [0.25, 0.3) is 0 Å². The van der Waals surface area contributed by atoms with Gasteiger partial charge in [0.15, 0.2) is 0 Å². The summed E-state index contributed by atoms with van der Waals surface area (Å²) in [6.45, 7) is 5.34. The van der Waals surface area contributed by atoms with Gasteiger partial charge in [-0.25, -0.2) is 0 Å². The van der Waals surface area contributed by atoms with Crippen LogP contribution in [0.5, 0.6) is 0 Å². The van der Waals surface area contributed by atoms with Crippen molar-refractivity contribution in [1.29, 1.82) is 0 Å². The Labute approximate surface area is 181 Å². The van der Waals surface area contributed by atoms with Crippen molar-refractivity contribution in [3.05, 3.63) is 59.7 Å². The SMILES string of the molecule is O=C(Cc1ccc(N2CCCCC2)cc1)NCCc1ccc(N2CCCCC2)cc1. The summed E-state index contributed by atoms with van der Waals surface area (Å²) in [5, 5.41) is 3.08. The third-order valence-corrected chi connectivity index (χ3v) is 6.42. The molecule has 0 aliphatic carbocycles. The fourth-order valence-corrected chi connectivity index (χ4v) is 4.60. The molecule has 2 heterocycles. The average molecular weight is 406 g/mol. The van der Waals surface area contributed by atoms with Crippen LogP contribution in [0.15, 0.2) is 48.5 Å². The normalized spacial score (nSPS) is 17.1. The van der Waals surface area contributed by atoms with Gasteiger partial charge in [-0.15, -0.1) is 0 Å². The number of piperidine rings is 2. The van der Waals surface area contributed by atoms with Gasteiger partial charge in [-0.05, 0) is 80.3 Å². The summed E-state index contributed by atoms with van der Waals surface area (Å²) in [6.07, 6.45) is 9.20. The molecule has 0 bridgehead atoms. The van der Waals surface area contributed by atoms with Crippen LogP contribution in [0.25, 0.3) is 0 Å². The van der Waals surface area contributed by atoms with Crippen LogP contribution in [0.1, 0.15) is 49.7 Å². The second kappa shape index (κ2) is 10.5. The minimum Gasteiger partial charge on any atom is -0.372 e. The third kappa shape index (κ3) is 5.78. The fourth-order valence-electron chi connectivity index (χ4n) is 4.60. The standard InChI is InChI=1S/C26H35N3O/c30-26(21-23-9-13-25(14-10-23)29-19-5-2-6-20-29)27-16-15-22-7-11-24(12-8-22)28-17-3-1-4-18-28/h7-14H,1-6,15-21H2,(H,27,30). The van der Waals surface area contributed by atoms with E-state index in [9.17, 15) is 4.79 Å². The monoisotopic (exact) mass is 405 g/mol. The van der Waals surface area contributed by atoms with E-state index in [1.165, 1.54) is 68.6 Å². The Bertz CT molecular complexity index is 788. The minimum atomic E-state index is 0.102. The molecule has 0 radical (unpaired) electrons. The van der Waals surface area contributed by atoms with Gasteiger partial charge in [0.1, 0.15) is 0 Å². The van der Waals surface area contributed by atoms with E-state index in [2.05, 4.69) is 63.6 Å². The zero-order valence-electron chi connectivity index (χ0n) is 18.1. The van der Waals surface area contributed by atoms with Crippen LogP contribution in [0.2, 0.25) is 0 Å². The highest BCUT2D eigenvalue weighted by Crippen LogP contribution is 2.21. The molecule has 0 saturated carbocycles. The molecule has 0 unspecified atom stereocenters. The summed E-state index contributed by atoms with van der Waals surface area (Å²) < 4.78 is 0. The van der Waals surface area contributed by atoms with E-state index < -0.39 is 0 Å². The molecule has 4 nitrogen and oxygen atoms in total. The second-order valence-electron chi connectivity index (χ2n) is 8.71. The molecule has 0 atom stereocenters. The Morgan fingerprint density at radius 1 is 0.667 bits per heavy atom. The summed E-state index contributed by atoms with van der Waals surface area (Å²) in [6, 6.07) is 17.4. The molecule has 2 aromatic carbocycles. The van der Waals surface area contributed by atoms with E-state index >= 15 is 0 Å². The molecule has 0 spiro atoms. The summed E-state index contributed by atoms with van der Waals surface area (Å²) in [5.74, 6) is 0.102. The molecule has 30 heavy (non-hydrogen) atoms. The van der Waals surface area contributed by atoms with Crippen molar-refractivity contribution < 1.29 is 4.79 Å². The van der Waals surface area contributed by atoms with Crippen LogP contribution in [0.3, 0.4) is 0 Å². The molecule has 0 aromatic heterocycles. The Morgan fingerprint density at radius 3 is 1.63 bits per heavy atom. The van der Waals surface area contributed by atoms with Crippen molar-refractivity contribution in [2.45, 2.75) is 51.4 Å². The van der Waals surface area contributed by atoms with Gasteiger partial charge in [-0.3, -0.25) is 4.79 Å². The molecule has 1 N–H and O–H groups in total. The Hall–Kier alpha value is -2.49.